The maximum absolute atomic E-state index is 6.13. The Morgan fingerprint density at radius 3 is 0.720 bits per heavy atom. The van der Waals surface area contributed by atoms with Crippen molar-refractivity contribution < 1.29 is 4.42 Å². The van der Waals surface area contributed by atoms with Crippen LogP contribution in [-0.4, -0.2) is 15.0 Å². The quantitative estimate of drug-likeness (QED) is 0.128. The molecule has 0 fully saturated rings. The maximum Gasteiger partial charge on any atom is 0.154 e. The molecule has 6 aromatic heterocycles. The van der Waals surface area contributed by atoms with Crippen molar-refractivity contribution in [3.63, 3.8) is 0 Å². The fraction of sp³-hybridized carbons (Fsp3) is 0. The largest absolute Gasteiger partial charge is 0.454 e. The smallest absolute Gasteiger partial charge is 0.154 e. The van der Waals surface area contributed by atoms with Crippen LogP contribution < -0.4 is 0 Å². The molecule has 0 aliphatic heterocycles. The Bertz CT molecular complexity index is 9850. The van der Waals surface area contributed by atoms with Gasteiger partial charge in [0.2, 0.25) is 0 Å². The molecule has 24 aromatic carbocycles. The Balaban J connectivity index is 0.000000105. The highest BCUT2D eigenvalue weighted by Crippen LogP contribution is 2.51. The van der Waals surface area contributed by atoms with Gasteiger partial charge in [-0.1, -0.05) is 413 Å². The number of pyridine rings is 3. The van der Waals surface area contributed by atoms with Gasteiger partial charge in [-0.3, -0.25) is 0 Å². The summed E-state index contributed by atoms with van der Waals surface area (Å²) in [6.45, 7) is 0. The highest BCUT2D eigenvalue weighted by Gasteiger charge is 2.24. The Morgan fingerprint density at radius 1 is 0.133 bits per heavy atom. The molecule has 0 amide bonds. The van der Waals surface area contributed by atoms with Crippen molar-refractivity contribution in [3.05, 3.63) is 504 Å². The predicted molar refractivity (Wildman–Crippen MR) is 613 cm³/mol. The number of para-hydroxylation sites is 1. The predicted octanol–water partition coefficient (Wildman–Crippen LogP) is 39.2. The van der Waals surface area contributed by atoms with Gasteiger partial charge in [-0.2, -0.15) is 0 Å². The van der Waals surface area contributed by atoms with Gasteiger partial charge >= 0.3 is 0 Å². The number of nitrogens with zero attached hydrogens (tertiary/aromatic N) is 3. The van der Waals surface area contributed by atoms with E-state index in [1.807, 2.05) is 40.9 Å². The average Bonchev–Trinajstić information content (AvgIpc) is 1.72. The SMILES string of the molecule is c1ccc(-c2ccc(-c3c4ccccc4c(-c4ccc(-c5ccc6nc7c(cc6c5)sc5ccccc57)cc4)c4ccccc34)cc2)cc1.c1ccc2cc(-c3c4ccccc4c(-c4ccc(-c5ccc6nc7c(cc6c5)oc5ccccc57)cc4)c4ccccc34)ccc2c1.c1ccc2cc(-c3c4ccccc4c(-c4ccc(-c5ccc6nc7c(cc6c5)sc5ccccc57)cc4)c4ccccc34)ccc2c1. The molecule has 0 bridgehead atoms. The number of furan rings is 1. The van der Waals surface area contributed by atoms with Crippen LogP contribution in [0.5, 0.6) is 0 Å². The first-order chi connectivity index (χ1) is 70.8. The molecule has 0 N–H and O–H groups in total. The Morgan fingerprint density at radius 2 is 0.371 bits per heavy atom. The van der Waals surface area contributed by atoms with Gasteiger partial charge in [-0.05, 0) is 288 Å². The van der Waals surface area contributed by atoms with Gasteiger partial charge in [0.25, 0.3) is 0 Å². The van der Waals surface area contributed by atoms with Crippen LogP contribution in [0.1, 0.15) is 0 Å². The highest BCUT2D eigenvalue weighted by atomic mass is 32.1. The molecule has 0 aliphatic carbocycles. The molecular weight excluding hydrogens is 1770 g/mol. The Labute approximate surface area is 831 Å². The lowest BCUT2D eigenvalue weighted by Gasteiger charge is -2.18. The summed E-state index contributed by atoms with van der Waals surface area (Å²) >= 11 is 3.63. The van der Waals surface area contributed by atoms with Crippen molar-refractivity contribution in [2.45, 2.75) is 0 Å². The number of benzene rings is 24. The molecule has 0 aliphatic rings. The lowest BCUT2D eigenvalue weighted by molar-refractivity contribution is 0.669. The van der Waals surface area contributed by atoms with Crippen molar-refractivity contribution in [2.75, 3.05) is 0 Å². The van der Waals surface area contributed by atoms with E-state index in [1.54, 1.807) is 0 Å². The van der Waals surface area contributed by atoms with Crippen LogP contribution in [0.15, 0.2) is 508 Å². The highest BCUT2D eigenvalue weighted by molar-refractivity contribution is 7.26. The van der Waals surface area contributed by atoms with Gasteiger partial charge in [-0.15, -0.1) is 22.7 Å². The molecule has 6 heteroatoms. The normalized spacial score (nSPS) is 11.8. The lowest BCUT2D eigenvalue weighted by Crippen LogP contribution is -1.91. The second-order valence-electron chi connectivity index (χ2n) is 37.3. The van der Waals surface area contributed by atoms with Crippen LogP contribution in [0.3, 0.4) is 0 Å². The van der Waals surface area contributed by atoms with Crippen molar-refractivity contribution in [1.29, 1.82) is 0 Å². The van der Waals surface area contributed by atoms with E-state index in [2.05, 4.69) is 485 Å². The van der Waals surface area contributed by atoms with E-state index < -0.39 is 0 Å². The van der Waals surface area contributed by atoms with Crippen LogP contribution in [0.2, 0.25) is 0 Å². The van der Waals surface area contributed by atoms with Crippen LogP contribution >= 0.6 is 22.7 Å². The standard InChI is InChI=1S/C47H29NS.C45H27NO.C45H27NS/c1-2-10-30(11-3-1)31-18-22-33(23-19-31)45-37-12-4-6-14-39(37)46(40-15-7-5-13-38(40)45)34-24-20-32(21-25-34)35-26-27-42-36(28-35)29-44-47(48-42)41-16-8-9-17-43(41)49-44;2*1-2-10-31-25-33(22-19-28(31)9-1)44-37-13-5-3-11-35(37)43(36-12-4-6-14-38(36)44)30-20-17-29(18-21-30)32-23-24-40-34(26-32)27-42-45(46-40)39-15-7-8-16-41(39)47-42/h1-29H;2*1-27H. The summed E-state index contributed by atoms with van der Waals surface area (Å²) in [5.74, 6) is 0. The summed E-state index contributed by atoms with van der Waals surface area (Å²) in [7, 11) is 0. The third-order valence-corrected chi connectivity index (χ3v) is 31.3. The fourth-order valence-electron chi connectivity index (χ4n) is 22.3. The average molecular weight is 1850 g/mol. The summed E-state index contributed by atoms with van der Waals surface area (Å²) in [5, 5.41) is 27.2. The van der Waals surface area contributed by atoms with E-state index in [0.29, 0.717) is 0 Å². The van der Waals surface area contributed by atoms with E-state index in [4.69, 9.17) is 19.4 Å². The van der Waals surface area contributed by atoms with Crippen LogP contribution in [0.25, 0.3) is 293 Å². The molecule has 143 heavy (non-hydrogen) atoms. The van der Waals surface area contributed by atoms with E-state index in [0.717, 1.165) is 60.6 Å². The summed E-state index contributed by atoms with van der Waals surface area (Å²) in [6.07, 6.45) is 0. The first-order valence-electron chi connectivity index (χ1n) is 48.8. The first-order valence-corrected chi connectivity index (χ1v) is 50.4. The van der Waals surface area contributed by atoms with Crippen molar-refractivity contribution >= 4 is 204 Å². The van der Waals surface area contributed by atoms with Crippen LogP contribution in [-0.2, 0) is 0 Å². The number of thiophene rings is 2. The van der Waals surface area contributed by atoms with Crippen LogP contribution in [0.4, 0.5) is 0 Å². The Kier molecular flexibility index (Phi) is 20.0. The summed E-state index contributed by atoms with van der Waals surface area (Å²) in [4.78, 5) is 15.1. The topological polar surface area (TPSA) is 51.8 Å². The van der Waals surface area contributed by atoms with E-state index >= 15 is 0 Å². The third-order valence-electron chi connectivity index (χ3n) is 29.1. The minimum absolute atomic E-state index is 0.817. The van der Waals surface area contributed by atoms with Gasteiger partial charge in [0, 0.05) is 41.7 Å². The number of hydrogen-bond donors (Lipinski definition) is 0. The number of hydrogen-bond acceptors (Lipinski definition) is 6. The van der Waals surface area contributed by atoms with Crippen molar-refractivity contribution in [3.8, 4) is 111 Å². The zero-order chi connectivity index (χ0) is 94.1. The van der Waals surface area contributed by atoms with E-state index in [9.17, 15) is 0 Å². The van der Waals surface area contributed by atoms with Gasteiger partial charge in [0.05, 0.1) is 37.0 Å². The van der Waals surface area contributed by atoms with Crippen molar-refractivity contribution in [2.24, 2.45) is 0 Å². The van der Waals surface area contributed by atoms with Crippen LogP contribution in [0, 0.1) is 0 Å². The lowest BCUT2D eigenvalue weighted by atomic mass is 9.85. The zero-order valence-electron chi connectivity index (χ0n) is 77.5. The third kappa shape index (κ3) is 14.5. The second-order valence-corrected chi connectivity index (χ2v) is 39.5. The number of rotatable bonds is 10. The Hall–Kier alpha value is -18.2. The molecule has 30 aromatic rings. The van der Waals surface area contributed by atoms with Crippen molar-refractivity contribution in [1.82, 2.24) is 15.0 Å². The molecule has 0 saturated heterocycles. The minimum Gasteiger partial charge on any atom is -0.454 e. The monoisotopic (exact) mass is 1850 g/mol. The summed E-state index contributed by atoms with van der Waals surface area (Å²) in [5.41, 5.74) is 32.5. The molecule has 30 rings (SSSR count). The van der Waals surface area contributed by atoms with E-state index in [1.165, 1.54) is 232 Å². The molecular formula is C137H83N3OS2. The summed E-state index contributed by atoms with van der Waals surface area (Å²) in [6, 6.07) is 183. The van der Waals surface area contributed by atoms with E-state index in [-0.39, 0.29) is 0 Å². The zero-order valence-corrected chi connectivity index (χ0v) is 79.1. The first kappa shape index (κ1) is 83.0. The molecule has 664 valence electrons. The molecule has 0 saturated carbocycles. The molecule has 0 spiro atoms. The van der Waals surface area contributed by atoms with Gasteiger partial charge in [0.1, 0.15) is 11.1 Å². The molecule has 0 atom stereocenters. The fourth-order valence-corrected chi connectivity index (χ4v) is 24.5. The van der Waals surface area contributed by atoms with Gasteiger partial charge in [-0.25, -0.2) is 15.0 Å². The molecule has 6 heterocycles. The number of aromatic nitrogens is 3. The van der Waals surface area contributed by atoms with Gasteiger partial charge in [0.15, 0.2) is 5.58 Å². The molecule has 0 unspecified atom stereocenters. The minimum atomic E-state index is 0.817. The summed E-state index contributed by atoms with van der Waals surface area (Å²) < 4.78 is 11.2. The second kappa shape index (κ2) is 34.5. The number of fused-ring (bicyclic) bond motifs is 20. The maximum atomic E-state index is 6.13. The van der Waals surface area contributed by atoms with Gasteiger partial charge < -0.3 is 4.42 Å². The molecule has 0 radical (unpaired) electrons. The molecule has 4 nitrogen and oxygen atoms in total.